The van der Waals surface area contributed by atoms with Gasteiger partial charge in [0.1, 0.15) is 0 Å². The molecule has 0 fully saturated rings. The molecule has 28 heavy (non-hydrogen) atoms. The molecule has 0 spiro atoms. The van der Waals surface area contributed by atoms with E-state index in [1.54, 1.807) is 18.2 Å². The monoisotopic (exact) mass is 389 g/mol. The zero-order chi connectivity index (χ0) is 19.3. The predicted octanol–water partition coefficient (Wildman–Crippen LogP) is 3.34. The third-order valence-corrected chi connectivity index (χ3v) is 5.67. The lowest BCUT2D eigenvalue weighted by atomic mass is 10.1. The summed E-state index contributed by atoms with van der Waals surface area (Å²) in [4.78, 5) is 29.4. The largest absolute Gasteiger partial charge is 0.323 e. The van der Waals surface area contributed by atoms with E-state index in [2.05, 4.69) is 33.2 Å². The number of imidazole rings is 1. The molecule has 2 aromatic carbocycles. The fourth-order valence-electron chi connectivity index (χ4n) is 3.39. The van der Waals surface area contributed by atoms with E-state index in [1.807, 2.05) is 28.7 Å². The number of nitrogens with one attached hydrogen (secondary N) is 2. The summed E-state index contributed by atoms with van der Waals surface area (Å²) in [5.74, 6) is 0.186. The molecule has 0 bridgehead atoms. The van der Waals surface area contributed by atoms with Crippen molar-refractivity contribution in [2.75, 3.05) is 5.75 Å². The third kappa shape index (κ3) is 2.69. The summed E-state index contributed by atoms with van der Waals surface area (Å²) in [5.41, 5.74) is 4.48. The van der Waals surface area contributed by atoms with E-state index in [-0.39, 0.29) is 17.2 Å². The van der Waals surface area contributed by atoms with E-state index in [1.165, 1.54) is 11.8 Å². The van der Waals surface area contributed by atoms with Gasteiger partial charge in [0.25, 0.3) is 0 Å². The number of Topliss-reactive ketones (excluding diaryl/α,β-unsaturated/α-hetero) is 1. The van der Waals surface area contributed by atoms with E-state index in [4.69, 9.17) is 0 Å². The van der Waals surface area contributed by atoms with E-state index < -0.39 is 0 Å². The molecular formula is C20H15N5O2S. The van der Waals surface area contributed by atoms with Crippen LogP contribution >= 0.6 is 11.8 Å². The summed E-state index contributed by atoms with van der Waals surface area (Å²) in [7, 11) is 0. The molecule has 5 rings (SSSR count). The van der Waals surface area contributed by atoms with Gasteiger partial charge in [0.2, 0.25) is 0 Å². The number of carbonyl (C=O) groups is 1. The Kier molecular flexibility index (Phi) is 3.80. The standard InChI is InChI=1S/C20H15N5O2S/c1-11-8-18-23-24-20(25(18)16-5-3-2-4-13(11)16)28-10-17(26)12-6-7-14-15(9-12)22-19(27)21-14/h2-9H,10H2,1H3,(H2,21,22,27). The lowest BCUT2D eigenvalue weighted by Crippen LogP contribution is -2.03. The lowest BCUT2D eigenvalue weighted by molar-refractivity contribution is 0.102. The number of aromatic nitrogens is 5. The molecule has 2 N–H and O–H groups in total. The van der Waals surface area contributed by atoms with Crippen molar-refractivity contribution in [2.45, 2.75) is 12.1 Å². The maximum Gasteiger partial charge on any atom is 0.323 e. The average Bonchev–Trinajstić information content (AvgIpc) is 3.27. The van der Waals surface area contributed by atoms with Crippen molar-refractivity contribution < 1.29 is 4.79 Å². The Morgan fingerprint density at radius 2 is 1.89 bits per heavy atom. The first kappa shape index (κ1) is 16.8. The first-order valence-corrected chi connectivity index (χ1v) is 9.70. The molecule has 3 aromatic heterocycles. The molecule has 0 amide bonds. The first-order chi connectivity index (χ1) is 13.6. The number of aryl methyl sites for hydroxylation is 1. The van der Waals surface area contributed by atoms with Gasteiger partial charge in [-0.1, -0.05) is 30.0 Å². The van der Waals surface area contributed by atoms with Crippen LogP contribution < -0.4 is 5.69 Å². The van der Waals surface area contributed by atoms with Gasteiger partial charge in [0.15, 0.2) is 16.6 Å². The second-order valence-electron chi connectivity index (χ2n) is 6.57. The van der Waals surface area contributed by atoms with E-state index in [0.717, 1.165) is 22.1 Å². The maximum atomic E-state index is 12.7. The van der Waals surface area contributed by atoms with Gasteiger partial charge in [0.05, 0.1) is 22.3 Å². The molecule has 7 nitrogen and oxygen atoms in total. The minimum absolute atomic E-state index is 0.0397. The number of thioether (sulfide) groups is 1. The molecule has 0 unspecified atom stereocenters. The van der Waals surface area contributed by atoms with E-state index >= 15 is 0 Å². The van der Waals surface area contributed by atoms with E-state index in [9.17, 15) is 9.59 Å². The van der Waals surface area contributed by atoms with Crippen molar-refractivity contribution in [3.8, 4) is 0 Å². The normalized spacial score (nSPS) is 11.6. The third-order valence-electron chi connectivity index (χ3n) is 4.74. The highest BCUT2D eigenvalue weighted by atomic mass is 32.2. The average molecular weight is 389 g/mol. The summed E-state index contributed by atoms with van der Waals surface area (Å²) in [5, 5.41) is 10.3. The van der Waals surface area contributed by atoms with Gasteiger partial charge in [-0.3, -0.25) is 9.20 Å². The Balaban J connectivity index is 1.47. The fourth-order valence-corrected chi connectivity index (χ4v) is 4.23. The summed E-state index contributed by atoms with van der Waals surface area (Å²) in [6.45, 7) is 2.05. The Morgan fingerprint density at radius 1 is 1.07 bits per heavy atom. The summed E-state index contributed by atoms with van der Waals surface area (Å²) in [6, 6.07) is 15.2. The number of ketones is 1. The Labute approximate surface area is 162 Å². The first-order valence-electron chi connectivity index (χ1n) is 8.72. The van der Waals surface area contributed by atoms with Crippen molar-refractivity contribution in [3.05, 3.63) is 70.1 Å². The zero-order valence-electron chi connectivity index (χ0n) is 14.9. The van der Waals surface area contributed by atoms with Gasteiger partial charge in [-0.15, -0.1) is 10.2 Å². The second-order valence-corrected chi connectivity index (χ2v) is 7.51. The zero-order valence-corrected chi connectivity index (χ0v) is 15.7. The second kappa shape index (κ2) is 6.35. The van der Waals surface area contributed by atoms with Crippen molar-refractivity contribution in [3.63, 3.8) is 0 Å². The van der Waals surface area contributed by atoms with Crippen molar-refractivity contribution in [1.82, 2.24) is 24.6 Å². The summed E-state index contributed by atoms with van der Waals surface area (Å²) < 4.78 is 1.98. The van der Waals surface area contributed by atoms with E-state index in [0.29, 0.717) is 21.8 Å². The van der Waals surface area contributed by atoms with Crippen molar-refractivity contribution >= 4 is 45.1 Å². The van der Waals surface area contributed by atoms with Crippen LogP contribution in [0.25, 0.3) is 27.6 Å². The molecule has 0 atom stereocenters. The smallest absolute Gasteiger partial charge is 0.306 e. The number of aromatic amines is 2. The topological polar surface area (TPSA) is 95.9 Å². The molecule has 0 radical (unpaired) electrons. The molecule has 0 saturated heterocycles. The Morgan fingerprint density at radius 3 is 2.79 bits per heavy atom. The van der Waals surface area contributed by atoms with Gasteiger partial charge in [-0.25, -0.2) is 4.79 Å². The molecule has 0 saturated carbocycles. The molecule has 3 heterocycles. The SMILES string of the molecule is Cc1cc2nnc(SCC(=O)c3ccc4[nH]c(=O)[nH]c4c3)n2c2ccccc12. The van der Waals surface area contributed by atoms with Crippen LogP contribution in [0.3, 0.4) is 0 Å². The van der Waals surface area contributed by atoms with Crippen LogP contribution in [-0.2, 0) is 0 Å². The van der Waals surface area contributed by atoms with Crippen molar-refractivity contribution in [1.29, 1.82) is 0 Å². The Bertz CT molecular complexity index is 1430. The highest BCUT2D eigenvalue weighted by Crippen LogP contribution is 2.26. The Hall–Kier alpha value is -3.39. The van der Waals surface area contributed by atoms with Crippen LogP contribution in [0.2, 0.25) is 0 Å². The number of pyridine rings is 1. The highest BCUT2D eigenvalue weighted by molar-refractivity contribution is 7.99. The number of benzene rings is 2. The molecule has 8 heteroatoms. The maximum absolute atomic E-state index is 12.7. The van der Waals surface area contributed by atoms with Crippen LogP contribution in [0.15, 0.2) is 58.5 Å². The predicted molar refractivity (Wildman–Crippen MR) is 109 cm³/mol. The number of hydrogen-bond donors (Lipinski definition) is 2. The van der Waals surface area contributed by atoms with Gasteiger partial charge in [-0.05, 0) is 42.8 Å². The van der Waals surface area contributed by atoms with Gasteiger partial charge >= 0.3 is 5.69 Å². The van der Waals surface area contributed by atoms with Gasteiger partial charge in [-0.2, -0.15) is 0 Å². The van der Waals surface area contributed by atoms with Gasteiger partial charge in [0, 0.05) is 10.9 Å². The molecule has 0 aliphatic heterocycles. The minimum Gasteiger partial charge on any atom is -0.306 e. The number of nitrogens with zero attached hydrogens (tertiary/aromatic N) is 3. The van der Waals surface area contributed by atoms with Crippen LogP contribution in [0.1, 0.15) is 15.9 Å². The van der Waals surface area contributed by atoms with Crippen LogP contribution in [0.5, 0.6) is 0 Å². The number of H-pyrrole nitrogens is 2. The van der Waals surface area contributed by atoms with Crippen LogP contribution in [0.4, 0.5) is 0 Å². The number of carbonyl (C=O) groups excluding carboxylic acids is 1. The molecular weight excluding hydrogens is 374 g/mol. The fraction of sp³-hybridized carbons (Fsp3) is 0.100. The van der Waals surface area contributed by atoms with Crippen molar-refractivity contribution in [2.24, 2.45) is 0 Å². The summed E-state index contributed by atoms with van der Waals surface area (Å²) >= 11 is 1.35. The quantitative estimate of drug-likeness (QED) is 0.363. The number of fused-ring (bicyclic) bond motifs is 4. The number of para-hydroxylation sites is 1. The summed E-state index contributed by atoms with van der Waals surface area (Å²) in [6.07, 6.45) is 0. The molecule has 138 valence electrons. The number of hydrogen-bond acceptors (Lipinski definition) is 5. The molecule has 0 aliphatic rings. The van der Waals surface area contributed by atoms with Crippen LogP contribution in [0, 0.1) is 6.92 Å². The highest BCUT2D eigenvalue weighted by Gasteiger charge is 2.14. The van der Waals surface area contributed by atoms with Crippen LogP contribution in [-0.4, -0.2) is 36.1 Å². The number of rotatable bonds is 4. The lowest BCUT2D eigenvalue weighted by Gasteiger charge is -2.07. The minimum atomic E-state index is -0.286. The molecule has 0 aliphatic carbocycles. The van der Waals surface area contributed by atoms with Gasteiger partial charge < -0.3 is 9.97 Å². The molecule has 5 aromatic rings.